The molecule has 0 spiro atoms. The van der Waals surface area contributed by atoms with Crippen LogP contribution in [-0.4, -0.2) is 16.4 Å². The summed E-state index contributed by atoms with van der Waals surface area (Å²) in [7, 11) is 0. The van der Waals surface area contributed by atoms with Gasteiger partial charge in [0.25, 0.3) is 5.69 Å². The van der Waals surface area contributed by atoms with Gasteiger partial charge in [-0.3, -0.25) is 9.59 Å². The maximum Gasteiger partial charge on any atom is 0.256 e. The van der Waals surface area contributed by atoms with Crippen LogP contribution in [0.3, 0.4) is 0 Å². The minimum atomic E-state index is -0.277. The highest BCUT2D eigenvalue weighted by Crippen LogP contribution is 2.27. The molecule has 31 heavy (non-hydrogen) atoms. The van der Waals surface area contributed by atoms with Crippen molar-refractivity contribution in [2.75, 3.05) is 0 Å². The van der Waals surface area contributed by atoms with Crippen LogP contribution in [0.25, 0.3) is 0 Å². The van der Waals surface area contributed by atoms with Crippen LogP contribution in [0.1, 0.15) is 31.8 Å². The number of carbonyl (C=O) groups is 2. The fraction of sp³-hybridized carbons (Fsp3) is 0. The summed E-state index contributed by atoms with van der Waals surface area (Å²) in [6, 6.07) is 30.7. The predicted molar refractivity (Wildman–Crippen MR) is 118 cm³/mol. The third-order valence-corrected chi connectivity index (χ3v) is 4.77. The van der Waals surface area contributed by atoms with Gasteiger partial charge in [-0.15, -0.1) is 0 Å². The number of hydrogen-bond donors (Lipinski definition) is 0. The van der Waals surface area contributed by atoms with Crippen molar-refractivity contribution in [1.29, 1.82) is 0 Å². The quantitative estimate of drug-likeness (QED) is 0.169. The lowest BCUT2D eigenvalue weighted by Gasteiger charge is -2.07. The van der Waals surface area contributed by atoms with Crippen molar-refractivity contribution >= 4 is 22.9 Å². The summed E-state index contributed by atoms with van der Waals surface area (Å²) in [5, 5.41) is 17.1. The molecule has 0 saturated carbocycles. The van der Waals surface area contributed by atoms with Gasteiger partial charge in [-0.2, -0.15) is 0 Å². The molecule has 0 aromatic heterocycles. The largest absolute Gasteiger partial charge is 0.594 e. The summed E-state index contributed by atoms with van der Waals surface area (Å²) in [6.07, 6.45) is 0. The number of ketones is 2. The number of nitrogens with zero attached hydrogens (tertiary/aromatic N) is 2. The van der Waals surface area contributed by atoms with E-state index in [9.17, 15) is 14.8 Å². The number of azo groups is 1. The number of rotatable bonds is 6. The zero-order valence-corrected chi connectivity index (χ0v) is 16.5. The molecular weight excluding hydrogens is 388 g/mol. The normalized spacial score (nSPS) is 11.2. The molecule has 4 aromatic rings. The third kappa shape index (κ3) is 4.31. The van der Waals surface area contributed by atoms with Crippen LogP contribution in [0.5, 0.6) is 0 Å². The van der Waals surface area contributed by atoms with Gasteiger partial charge in [-0.25, -0.2) is 0 Å². The van der Waals surface area contributed by atoms with E-state index in [1.165, 1.54) is 6.07 Å². The van der Waals surface area contributed by atoms with Crippen molar-refractivity contribution in [2.45, 2.75) is 0 Å². The van der Waals surface area contributed by atoms with Crippen LogP contribution in [0.4, 0.5) is 11.4 Å². The van der Waals surface area contributed by atoms with Gasteiger partial charge in [0, 0.05) is 22.3 Å². The molecule has 0 bridgehead atoms. The van der Waals surface area contributed by atoms with E-state index in [-0.39, 0.29) is 28.5 Å². The van der Waals surface area contributed by atoms with Crippen molar-refractivity contribution in [3.63, 3.8) is 0 Å². The standard InChI is InChI=1S/C26H18N2O3/c29-25(19-11-3-1-4-12-19)21-15-7-9-17-23(21)27-28(31)24-18-10-8-16-22(24)26(30)20-13-5-2-6-14-20/h1-18H. The topological polar surface area (TPSA) is 72.6 Å². The molecule has 150 valence electrons. The molecule has 5 heteroatoms. The Balaban J connectivity index is 1.74. The first kappa shape index (κ1) is 19.9. The summed E-state index contributed by atoms with van der Waals surface area (Å²) < 4.78 is 0. The lowest BCUT2D eigenvalue weighted by atomic mass is 10.0. The summed E-state index contributed by atoms with van der Waals surface area (Å²) in [5.74, 6) is -0.511. The molecule has 4 aromatic carbocycles. The molecule has 0 aliphatic rings. The molecule has 0 aliphatic heterocycles. The van der Waals surface area contributed by atoms with Gasteiger partial charge in [-0.05, 0) is 23.1 Å². The molecule has 0 N–H and O–H groups in total. The monoisotopic (exact) mass is 406 g/mol. The Labute approximate surface area is 179 Å². The Morgan fingerprint density at radius 1 is 0.581 bits per heavy atom. The maximum absolute atomic E-state index is 13.0. The fourth-order valence-corrected chi connectivity index (χ4v) is 3.23. The first-order chi connectivity index (χ1) is 15.1. The van der Waals surface area contributed by atoms with Gasteiger partial charge in [0.05, 0.1) is 11.1 Å². The Kier molecular flexibility index (Phi) is 5.76. The summed E-state index contributed by atoms with van der Waals surface area (Å²) >= 11 is 0. The van der Waals surface area contributed by atoms with Crippen molar-refractivity contribution < 1.29 is 14.4 Å². The number of para-hydroxylation sites is 1. The predicted octanol–water partition coefficient (Wildman–Crippen LogP) is 6.07. The van der Waals surface area contributed by atoms with Gasteiger partial charge >= 0.3 is 0 Å². The van der Waals surface area contributed by atoms with E-state index >= 15 is 0 Å². The maximum atomic E-state index is 13.0. The highest BCUT2D eigenvalue weighted by atomic mass is 16.5. The molecule has 0 unspecified atom stereocenters. The summed E-state index contributed by atoms with van der Waals surface area (Å²) in [5.41, 5.74) is 1.86. The number of carbonyl (C=O) groups excluding carboxylic acids is 2. The second-order valence-corrected chi connectivity index (χ2v) is 6.80. The zero-order chi connectivity index (χ0) is 21.6. The van der Waals surface area contributed by atoms with Crippen LogP contribution in [0.2, 0.25) is 0 Å². The smallest absolute Gasteiger partial charge is 0.256 e. The van der Waals surface area contributed by atoms with Crippen molar-refractivity contribution in [3.05, 3.63) is 137 Å². The Hall–Kier alpha value is -4.38. The van der Waals surface area contributed by atoms with Crippen LogP contribution in [0.15, 0.2) is 114 Å². The second kappa shape index (κ2) is 8.97. The van der Waals surface area contributed by atoms with Gasteiger partial charge in [0.1, 0.15) is 5.69 Å². The lowest BCUT2D eigenvalue weighted by molar-refractivity contribution is -0.435. The molecule has 0 atom stereocenters. The molecule has 0 aliphatic carbocycles. The molecule has 0 heterocycles. The van der Waals surface area contributed by atoms with Gasteiger partial charge in [-0.1, -0.05) is 84.9 Å². The van der Waals surface area contributed by atoms with Gasteiger partial charge in [0.15, 0.2) is 11.6 Å². The van der Waals surface area contributed by atoms with Crippen molar-refractivity contribution in [1.82, 2.24) is 0 Å². The lowest BCUT2D eigenvalue weighted by Crippen LogP contribution is -2.06. The van der Waals surface area contributed by atoms with Gasteiger partial charge < -0.3 is 5.21 Å². The Morgan fingerprint density at radius 2 is 1.03 bits per heavy atom. The van der Waals surface area contributed by atoms with Crippen molar-refractivity contribution in [2.24, 2.45) is 5.11 Å². The number of benzene rings is 4. The first-order valence-electron chi connectivity index (χ1n) is 9.71. The van der Waals surface area contributed by atoms with E-state index in [0.29, 0.717) is 21.6 Å². The molecule has 0 amide bonds. The Morgan fingerprint density at radius 3 is 1.65 bits per heavy atom. The van der Waals surface area contributed by atoms with Crippen LogP contribution in [0, 0.1) is 5.21 Å². The fourth-order valence-electron chi connectivity index (χ4n) is 3.23. The second-order valence-electron chi connectivity index (χ2n) is 6.80. The zero-order valence-electron chi connectivity index (χ0n) is 16.5. The van der Waals surface area contributed by atoms with E-state index in [1.807, 2.05) is 12.1 Å². The van der Waals surface area contributed by atoms with E-state index in [1.54, 1.807) is 91.0 Å². The first-order valence-corrected chi connectivity index (χ1v) is 9.71. The van der Waals surface area contributed by atoms with Crippen LogP contribution >= 0.6 is 0 Å². The van der Waals surface area contributed by atoms with Crippen molar-refractivity contribution in [3.8, 4) is 0 Å². The van der Waals surface area contributed by atoms with Crippen LogP contribution < -0.4 is 0 Å². The molecule has 0 fully saturated rings. The Bertz CT molecular complexity index is 1270. The third-order valence-electron chi connectivity index (χ3n) is 4.77. The van der Waals surface area contributed by atoms with E-state index in [2.05, 4.69) is 5.11 Å². The highest BCUT2D eigenvalue weighted by Gasteiger charge is 2.21. The van der Waals surface area contributed by atoms with Crippen LogP contribution in [-0.2, 0) is 0 Å². The molecular formula is C26H18N2O3. The summed E-state index contributed by atoms with van der Waals surface area (Å²) in [4.78, 5) is 26.2. The van der Waals surface area contributed by atoms with E-state index in [0.717, 1.165) is 0 Å². The van der Waals surface area contributed by atoms with E-state index < -0.39 is 0 Å². The van der Waals surface area contributed by atoms with E-state index in [4.69, 9.17) is 0 Å². The highest BCUT2D eigenvalue weighted by molar-refractivity contribution is 6.12. The number of hydrogen-bond acceptors (Lipinski definition) is 4. The van der Waals surface area contributed by atoms with Gasteiger partial charge in [0.2, 0.25) is 0 Å². The minimum Gasteiger partial charge on any atom is -0.594 e. The average Bonchev–Trinajstić information content (AvgIpc) is 2.84. The average molecular weight is 406 g/mol. The SMILES string of the molecule is O=C(c1ccccc1)c1ccccc1N=[N+]([O-])c1ccccc1C(=O)c1ccccc1. The minimum absolute atomic E-state index is 0.110. The molecule has 0 saturated heterocycles. The molecule has 0 radical (unpaired) electrons. The molecule has 5 nitrogen and oxygen atoms in total. The summed E-state index contributed by atoms with van der Waals surface area (Å²) in [6.45, 7) is 0. The molecule has 4 rings (SSSR count).